The Hall–Kier alpha value is -0.830. The molecule has 3 N–H and O–H groups in total. The molecule has 0 amide bonds. The number of carbonyl (C=O) groups is 1. The Morgan fingerprint density at radius 3 is 2.15 bits per heavy atom. The Kier molecular flexibility index (Phi) is 6.24. The molecule has 0 aromatic carbocycles. The van der Waals surface area contributed by atoms with E-state index in [9.17, 15) is 4.79 Å². The van der Waals surface area contributed by atoms with Crippen LogP contribution < -0.4 is 5.73 Å². The van der Waals surface area contributed by atoms with E-state index < -0.39 is 5.97 Å². The lowest BCUT2D eigenvalue weighted by atomic mass is 9.99. The summed E-state index contributed by atoms with van der Waals surface area (Å²) in [7, 11) is 0. The highest BCUT2D eigenvalue weighted by Gasteiger charge is 2.10. The maximum Gasteiger partial charge on any atom is 0.331 e. The predicted molar refractivity (Wildman–Crippen MR) is 53.5 cm³/mol. The van der Waals surface area contributed by atoms with Gasteiger partial charge in [0, 0.05) is 5.57 Å². The number of aliphatic carboxylic acids is 1. The summed E-state index contributed by atoms with van der Waals surface area (Å²) in [6, 6.07) is 0. The molecule has 0 aliphatic carbocycles. The number of nitrogens with two attached hydrogens (primary N) is 1. The summed E-state index contributed by atoms with van der Waals surface area (Å²) in [4.78, 5) is 10.9. The SMILES string of the molecule is CCC(CC)=C(CCCN)C(=O)O. The first-order chi connectivity index (χ1) is 6.17. The number of hydrogen-bond donors (Lipinski definition) is 2. The van der Waals surface area contributed by atoms with Gasteiger partial charge < -0.3 is 10.8 Å². The molecule has 0 saturated carbocycles. The number of rotatable bonds is 6. The molecule has 0 unspecified atom stereocenters. The number of carboxylic acid groups (broad SMARTS) is 1. The zero-order valence-electron chi connectivity index (χ0n) is 8.47. The van der Waals surface area contributed by atoms with Crippen LogP contribution in [0.1, 0.15) is 39.5 Å². The van der Waals surface area contributed by atoms with Crippen LogP contribution in [0.5, 0.6) is 0 Å². The van der Waals surface area contributed by atoms with E-state index in [0.717, 1.165) is 24.8 Å². The first kappa shape index (κ1) is 12.2. The topological polar surface area (TPSA) is 63.3 Å². The molecule has 0 fully saturated rings. The van der Waals surface area contributed by atoms with Gasteiger partial charge in [-0.2, -0.15) is 0 Å². The minimum Gasteiger partial charge on any atom is -0.478 e. The van der Waals surface area contributed by atoms with Crippen LogP contribution in [0, 0.1) is 0 Å². The quantitative estimate of drug-likeness (QED) is 0.621. The van der Waals surface area contributed by atoms with Crippen molar-refractivity contribution < 1.29 is 9.90 Å². The number of hydrogen-bond acceptors (Lipinski definition) is 2. The van der Waals surface area contributed by atoms with Gasteiger partial charge in [0.25, 0.3) is 0 Å². The summed E-state index contributed by atoms with van der Waals surface area (Å²) in [5.74, 6) is -0.785. The second-order valence-electron chi connectivity index (χ2n) is 2.99. The molecule has 0 aromatic rings. The number of carboxylic acids is 1. The number of allylic oxidation sites excluding steroid dienone is 1. The van der Waals surface area contributed by atoms with Gasteiger partial charge >= 0.3 is 5.97 Å². The molecule has 13 heavy (non-hydrogen) atoms. The Bertz CT molecular complexity index is 191. The van der Waals surface area contributed by atoms with Crippen LogP contribution in [-0.4, -0.2) is 17.6 Å². The summed E-state index contributed by atoms with van der Waals surface area (Å²) in [6.45, 7) is 4.53. The van der Waals surface area contributed by atoms with Crippen molar-refractivity contribution in [2.75, 3.05) is 6.54 Å². The van der Waals surface area contributed by atoms with Gasteiger partial charge in [0.15, 0.2) is 0 Å². The average molecular weight is 185 g/mol. The van der Waals surface area contributed by atoms with E-state index in [-0.39, 0.29) is 0 Å². The molecular weight excluding hydrogens is 166 g/mol. The predicted octanol–water partition coefficient (Wildman–Crippen LogP) is 1.93. The molecule has 0 radical (unpaired) electrons. The smallest absolute Gasteiger partial charge is 0.331 e. The van der Waals surface area contributed by atoms with E-state index in [0.29, 0.717) is 18.5 Å². The molecule has 0 aliphatic heterocycles. The minimum absolute atomic E-state index is 0.553. The summed E-state index contributed by atoms with van der Waals surface area (Å²) < 4.78 is 0. The van der Waals surface area contributed by atoms with E-state index in [1.54, 1.807) is 0 Å². The Labute approximate surface area is 79.6 Å². The van der Waals surface area contributed by atoms with Gasteiger partial charge in [-0.25, -0.2) is 4.79 Å². The molecule has 0 aliphatic rings. The fourth-order valence-corrected chi connectivity index (χ4v) is 1.39. The van der Waals surface area contributed by atoms with Gasteiger partial charge in [-0.05, 0) is 32.2 Å². The van der Waals surface area contributed by atoms with Crippen LogP contribution in [0.3, 0.4) is 0 Å². The van der Waals surface area contributed by atoms with Crippen molar-refractivity contribution in [2.45, 2.75) is 39.5 Å². The first-order valence-corrected chi connectivity index (χ1v) is 4.81. The van der Waals surface area contributed by atoms with E-state index in [1.165, 1.54) is 0 Å². The van der Waals surface area contributed by atoms with Gasteiger partial charge in [0.2, 0.25) is 0 Å². The van der Waals surface area contributed by atoms with Crippen molar-refractivity contribution in [3.63, 3.8) is 0 Å². The second-order valence-corrected chi connectivity index (χ2v) is 2.99. The van der Waals surface area contributed by atoms with Gasteiger partial charge in [-0.15, -0.1) is 0 Å². The molecule has 76 valence electrons. The van der Waals surface area contributed by atoms with Crippen molar-refractivity contribution in [1.29, 1.82) is 0 Å². The van der Waals surface area contributed by atoms with E-state index in [4.69, 9.17) is 10.8 Å². The maximum atomic E-state index is 10.9. The molecule has 0 heterocycles. The van der Waals surface area contributed by atoms with E-state index in [1.807, 2.05) is 13.8 Å². The zero-order valence-corrected chi connectivity index (χ0v) is 8.47. The van der Waals surface area contributed by atoms with Crippen molar-refractivity contribution in [1.82, 2.24) is 0 Å². The van der Waals surface area contributed by atoms with Gasteiger partial charge in [-0.3, -0.25) is 0 Å². The van der Waals surface area contributed by atoms with Crippen LogP contribution in [0.2, 0.25) is 0 Å². The molecule has 0 spiro atoms. The molecule has 0 rings (SSSR count). The third kappa shape index (κ3) is 4.08. The third-order valence-electron chi connectivity index (χ3n) is 2.17. The Balaban J connectivity index is 4.54. The highest BCUT2D eigenvalue weighted by Crippen LogP contribution is 2.17. The van der Waals surface area contributed by atoms with Crippen LogP contribution in [0.4, 0.5) is 0 Å². The largest absolute Gasteiger partial charge is 0.478 e. The van der Waals surface area contributed by atoms with Gasteiger partial charge in [0.1, 0.15) is 0 Å². The summed E-state index contributed by atoms with van der Waals surface area (Å²) >= 11 is 0. The van der Waals surface area contributed by atoms with Gasteiger partial charge in [0.05, 0.1) is 0 Å². The summed E-state index contributed by atoms with van der Waals surface area (Å²) in [5.41, 5.74) is 6.95. The van der Waals surface area contributed by atoms with Crippen LogP contribution >= 0.6 is 0 Å². The molecule has 0 bridgehead atoms. The van der Waals surface area contributed by atoms with Crippen LogP contribution in [0.15, 0.2) is 11.1 Å². The van der Waals surface area contributed by atoms with Crippen molar-refractivity contribution in [3.05, 3.63) is 11.1 Å². The molecule has 0 aromatic heterocycles. The van der Waals surface area contributed by atoms with E-state index in [2.05, 4.69) is 0 Å². The van der Waals surface area contributed by atoms with Crippen molar-refractivity contribution in [2.24, 2.45) is 5.73 Å². The average Bonchev–Trinajstić information content (AvgIpc) is 2.11. The fourth-order valence-electron chi connectivity index (χ4n) is 1.39. The van der Waals surface area contributed by atoms with Gasteiger partial charge in [-0.1, -0.05) is 19.4 Å². The lowest BCUT2D eigenvalue weighted by Crippen LogP contribution is -2.07. The standard InChI is InChI=1S/C10H19NO2/c1-3-8(4-2)9(10(12)13)6-5-7-11/h3-7,11H2,1-2H3,(H,12,13). The Morgan fingerprint density at radius 1 is 1.31 bits per heavy atom. The monoisotopic (exact) mass is 185 g/mol. The van der Waals surface area contributed by atoms with Crippen LogP contribution in [0.25, 0.3) is 0 Å². The summed E-state index contributed by atoms with van der Waals surface area (Å²) in [6.07, 6.45) is 3.00. The second kappa shape index (κ2) is 6.66. The lowest BCUT2D eigenvalue weighted by Gasteiger charge is -2.07. The maximum absolute atomic E-state index is 10.9. The third-order valence-corrected chi connectivity index (χ3v) is 2.17. The van der Waals surface area contributed by atoms with E-state index >= 15 is 0 Å². The van der Waals surface area contributed by atoms with Crippen molar-refractivity contribution in [3.8, 4) is 0 Å². The first-order valence-electron chi connectivity index (χ1n) is 4.81. The molecular formula is C10H19NO2. The molecule has 3 nitrogen and oxygen atoms in total. The molecule has 0 saturated heterocycles. The molecule has 0 atom stereocenters. The summed E-state index contributed by atoms with van der Waals surface area (Å²) in [5, 5.41) is 8.93. The fraction of sp³-hybridized carbons (Fsp3) is 0.700. The van der Waals surface area contributed by atoms with Crippen LogP contribution in [-0.2, 0) is 4.79 Å². The molecule has 3 heteroatoms. The minimum atomic E-state index is -0.785. The Morgan fingerprint density at radius 2 is 1.85 bits per heavy atom. The zero-order chi connectivity index (χ0) is 10.3. The normalized spacial score (nSPS) is 9.77. The van der Waals surface area contributed by atoms with Crippen molar-refractivity contribution >= 4 is 5.97 Å². The highest BCUT2D eigenvalue weighted by molar-refractivity contribution is 5.87. The highest BCUT2D eigenvalue weighted by atomic mass is 16.4. The lowest BCUT2D eigenvalue weighted by molar-refractivity contribution is -0.132.